The molecule has 4 nitrogen and oxygen atoms in total. The van der Waals surface area contributed by atoms with Crippen LogP contribution in [0.3, 0.4) is 0 Å². The molecule has 0 radical (unpaired) electrons. The van der Waals surface area contributed by atoms with Crippen LogP contribution in [0.5, 0.6) is 0 Å². The van der Waals surface area contributed by atoms with Crippen molar-refractivity contribution in [3.63, 3.8) is 0 Å². The van der Waals surface area contributed by atoms with Gasteiger partial charge in [0.25, 0.3) is 0 Å². The Balaban J connectivity index is 0.000000339. The van der Waals surface area contributed by atoms with E-state index < -0.39 is 75.7 Å². The highest BCUT2D eigenvalue weighted by atomic mass is 19.4. The number of carbonyl (C=O) groups is 2. The average molecular weight is 695 g/mol. The van der Waals surface area contributed by atoms with Gasteiger partial charge in [-0.05, 0) is 135 Å². The zero-order valence-electron chi connectivity index (χ0n) is 29.0. The molecule has 0 aromatic carbocycles. The van der Waals surface area contributed by atoms with Crippen LogP contribution in [-0.4, -0.2) is 41.7 Å². The maximum Gasteiger partial charge on any atom is 0.405 e. The molecule has 0 aromatic heterocycles. The van der Waals surface area contributed by atoms with Gasteiger partial charge in [-0.25, -0.2) is 0 Å². The molecule has 47 heavy (non-hydrogen) atoms. The molecule has 4 aliphatic carbocycles. The molecule has 4 rings (SSSR count). The minimum absolute atomic E-state index is 0.00597. The molecule has 0 spiro atoms. The van der Waals surface area contributed by atoms with Crippen LogP contribution in [0, 0.1) is 57.7 Å². The molecule has 10 unspecified atom stereocenters. The molecule has 0 amide bonds. The van der Waals surface area contributed by atoms with E-state index in [-0.39, 0.29) is 55.8 Å². The van der Waals surface area contributed by atoms with Gasteiger partial charge in [0.15, 0.2) is 10.8 Å². The smallest absolute Gasteiger partial charge is 0.405 e. The molecule has 0 heterocycles. The topological polar surface area (TPSA) is 52.6 Å². The minimum atomic E-state index is -4.85. The molecule has 4 bridgehead atoms. The molecule has 4 saturated carbocycles. The highest BCUT2D eigenvalue weighted by molar-refractivity contribution is 5.79. The number of alkyl halides is 9. The van der Waals surface area contributed by atoms with Gasteiger partial charge < -0.3 is 9.47 Å². The number of halogens is 9. The van der Waals surface area contributed by atoms with E-state index in [4.69, 9.17) is 9.47 Å². The van der Waals surface area contributed by atoms with Crippen molar-refractivity contribution in [1.29, 1.82) is 0 Å². The first-order valence-corrected chi connectivity index (χ1v) is 16.5. The maximum atomic E-state index is 14.6. The lowest BCUT2D eigenvalue weighted by Gasteiger charge is -2.48. The number of esters is 2. The molecule has 10 atom stereocenters. The Labute approximate surface area is 272 Å². The summed E-state index contributed by atoms with van der Waals surface area (Å²) in [6.45, 7) is 15.2. The van der Waals surface area contributed by atoms with E-state index in [1.165, 1.54) is 48.5 Å². The van der Waals surface area contributed by atoms with Crippen molar-refractivity contribution >= 4 is 11.9 Å². The second kappa shape index (κ2) is 12.3. The first kappa shape index (κ1) is 39.7. The average Bonchev–Trinajstić information content (AvgIpc) is 3.61. The summed E-state index contributed by atoms with van der Waals surface area (Å²) in [4.78, 5) is 24.4. The van der Waals surface area contributed by atoms with Gasteiger partial charge in [0.1, 0.15) is 11.2 Å². The van der Waals surface area contributed by atoms with Crippen molar-refractivity contribution in [2.75, 3.05) is 0 Å². The molecule has 0 aromatic rings. The lowest BCUT2D eigenvalue weighted by atomic mass is 9.58. The van der Waals surface area contributed by atoms with Crippen LogP contribution >= 0.6 is 0 Å². The van der Waals surface area contributed by atoms with Crippen LogP contribution in [0.25, 0.3) is 0 Å². The van der Waals surface area contributed by atoms with Gasteiger partial charge in [-0.1, -0.05) is 20.8 Å². The first-order chi connectivity index (χ1) is 20.9. The minimum Gasteiger partial charge on any atom is -0.459 e. The number of rotatable bonds is 5. The van der Waals surface area contributed by atoms with Crippen LogP contribution in [0.15, 0.2) is 0 Å². The van der Waals surface area contributed by atoms with Gasteiger partial charge in [0.2, 0.25) is 0 Å². The summed E-state index contributed by atoms with van der Waals surface area (Å²) >= 11 is 0. The van der Waals surface area contributed by atoms with Crippen molar-refractivity contribution in [1.82, 2.24) is 0 Å². The molecule has 4 fully saturated rings. The van der Waals surface area contributed by atoms with E-state index in [1.807, 2.05) is 13.8 Å². The molecule has 4 aliphatic rings. The quantitative estimate of drug-likeness (QED) is 0.212. The summed E-state index contributed by atoms with van der Waals surface area (Å²) in [5.74, 6) is -5.33. The number of ether oxygens (including phenoxy) is 2. The van der Waals surface area contributed by atoms with Crippen LogP contribution in [0.1, 0.15) is 114 Å². The van der Waals surface area contributed by atoms with E-state index in [1.54, 1.807) is 0 Å². The maximum absolute atomic E-state index is 14.6. The van der Waals surface area contributed by atoms with Crippen LogP contribution in [0.2, 0.25) is 0 Å². The lowest BCUT2D eigenvalue weighted by molar-refractivity contribution is -0.271. The summed E-state index contributed by atoms with van der Waals surface area (Å²) in [6, 6.07) is 0. The van der Waals surface area contributed by atoms with Crippen LogP contribution < -0.4 is 0 Å². The van der Waals surface area contributed by atoms with Crippen molar-refractivity contribution in [2.45, 2.75) is 144 Å². The van der Waals surface area contributed by atoms with Crippen molar-refractivity contribution < 1.29 is 58.6 Å². The molecule has 0 N–H and O–H groups in total. The Morgan fingerprint density at radius 2 is 1.23 bits per heavy atom. The van der Waals surface area contributed by atoms with Gasteiger partial charge in [0.05, 0.1) is 5.41 Å². The SMILES string of the molecule is CC1C2CC(C1C)C(CC1CC3CC1C(C(=O)OC(C)(C)C)(C(F)(F)F)C3)(C(F)(F)F)C2.CCC(C)(C(=O)OC(C)(C)C)C(F)(F)F. The highest BCUT2D eigenvalue weighted by Gasteiger charge is 2.75. The molecular formula is C34H51F9O4. The Morgan fingerprint density at radius 1 is 0.702 bits per heavy atom. The summed E-state index contributed by atoms with van der Waals surface area (Å²) in [5.41, 5.74) is -9.06. The Kier molecular flexibility index (Phi) is 10.4. The number of carbonyl (C=O) groups excluding carboxylic acids is 2. The van der Waals surface area contributed by atoms with Crippen molar-refractivity contribution in [3.05, 3.63) is 0 Å². The van der Waals surface area contributed by atoms with E-state index in [0.29, 0.717) is 12.8 Å². The van der Waals surface area contributed by atoms with Crippen LogP contribution in [-0.2, 0) is 19.1 Å². The van der Waals surface area contributed by atoms with Crippen LogP contribution in [0.4, 0.5) is 39.5 Å². The molecule has 0 aliphatic heterocycles. The van der Waals surface area contributed by atoms with Gasteiger partial charge >= 0.3 is 30.5 Å². The first-order valence-electron chi connectivity index (χ1n) is 16.5. The largest absolute Gasteiger partial charge is 0.459 e. The van der Waals surface area contributed by atoms with Gasteiger partial charge in [-0.2, -0.15) is 39.5 Å². The van der Waals surface area contributed by atoms with Crippen molar-refractivity contribution in [3.8, 4) is 0 Å². The van der Waals surface area contributed by atoms with E-state index in [9.17, 15) is 49.1 Å². The summed E-state index contributed by atoms with van der Waals surface area (Å²) < 4.78 is 135. The lowest BCUT2D eigenvalue weighted by Crippen LogP contribution is -2.55. The second-order valence-electron chi connectivity index (χ2n) is 16.9. The number of fused-ring (bicyclic) bond motifs is 4. The fraction of sp³-hybridized carbons (Fsp3) is 0.941. The Hall–Kier alpha value is -1.69. The molecule has 274 valence electrons. The summed E-state index contributed by atoms with van der Waals surface area (Å²) in [5, 5.41) is 0. The highest BCUT2D eigenvalue weighted by Crippen LogP contribution is 2.72. The van der Waals surface area contributed by atoms with Gasteiger partial charge in [-0.3, -0.25) is 9.59 Å². The van der Waals surface area contributed by atoms with E-state index in [0.717, 1.165) is 6.92 Å². The third-order valence-electron chi connectivity index (χ3n) is 11.8. The third kappa shape index (κ3) is 7.15. The van der Waals surface area contributed by atoms with E-state index >= 15 is 0 Å². The summed E-state index contributed by atoms with van der Waals surface area (Å²) in [6.07, 6.45) is -13.9. The monoisotopic (exact) mass is 694 g/mol. The fourth-order valence-corrected chi connectivity index (χ4v) is 9.05. The molecule has 13 heteroatoms. The molecule has 0 saturated heterocycles. The predicted octanol–water partition coefficient (Wildman–Crippen LogP) is 10.5. The Bertz CT molecular complexity index is 1160. The zero-order valence-corrected chi connectivity index (χ0v) is 29.0. The van der Waals surface area contributed by atoms with Crippen molar-refractivity contribution in [2.24, 2.45) is 57.7 Å². The number of hydrogen-bond donors (Lipinski definition) is 0. The fourth-order valence-electron chi connectivity index (χ4n) is 9.05. The predicted molar refractivity (Wildman–Crippen MR) is 157 cm³/mol. The second-order valence-corrected chi connectivity index (χ2v) is 16.9. The summed E-state index contributed by atoms with van der Waals surface area (Å²) in [7, 11) is 0. The number of hydrogen-bond acceptors (Lipinski definition) is 4. The van der Waals surface area contributed by atoms with Gasteiger partial charge in [0, 0.05) is 0 Å². The van der Waals surface area contributed by atoms with E-state index in [2.05, 4.69) is 0 Å². The zero-order chi connectivity index (χ0) is 36.6. The third-order valence-corrected chi connectivity index (χ3v) is 11.8. The normalized spacial score (nSPS) is 36.9. The Morgan fingerprint density at radius 3 is 1.60 bits per heavy atom. The van der Waals surface area contributed by atoms with Gasteiger partial charge in [-0.15, -0.1) is 0 Å². The standard InChI is InChI=1S/C24H34F6O2.C10H17F3O2/c1-12-13(2)17-8-15(12)10-21(17,23(25,26)27)11-16-6-14-7-18(16)22(9-14,24(28,29)30)19(31)32-20(3,4)5;1-6-9(5,10(11,12)13)7(14)15-8(2,3)4/h12-18H,6-11H2,1-5H3;6H2,1-5H3. The molecular weight excluding hydrogens is 643 g/mol.